The molecule has 7 heteroatoms. The number of nitrogens with one attached hydrogen (secondary N) is 1. The van der Waals surface area contributed by atoms with Crippen molar-refractivity contribution < 1.29 is 14.7 Å². The van der Waals surface area contributed by atoms with Crippen LogP contribution in [0.4, 0.5) is 5.69 Å². The van der Waals surface area contributed by atoms with Gasteiger partial charge in [0, 0.05) is 43.2 Å². The maximum absolute atomic E-state index is 12.4. The zero-order valence-corrected chi connectivity index (χ0v) is 16.1. The van der Waals surface area contributed by atoms with Gasteiger partial charge in [-0.2, -0.15) is 0 Å². The first-order chi connectivity index (χ1) is 13.5. The van der Waals surface area contributed by atoms with E-state index in [1.165, 1.54) is 6.20 Å². The molecule has 0 aliphatic rings. The van der Waals surface area contributed by atoms with Crippen molar-refractivity contribution in [3.8, 4) is 11.3 Å². The van der Waals surface area contributed by atoms with Gasteiger partial charge in [-0.3, -0.25) is 4.79 Å². The van der Waals surface area contributed by atoms with Gasteiger partial charge in [-0.05, 0) is 13.3 Å². The number of hydrogen-bond acceptors (Lipinski definition) is 3. The van der Waals surface area contributed by atoms with Crippen molar-refractivity contribution in [2.75, 3.05) is 5.32 Å². The maximum Gasteiger partial charge on any atom is 0.339 e. The second-order valence-electron chi connectivity index (χ2n) is 6.47. The van der Waals surface area contributed by atoms with E-state index in [4.69, 9.17) is 0 Å². The number of aromatic nitrogens is 3. The van der Waals surface area contributed by atoms with Gasteiger partial charge in [0.2, 0.25) is 5.91 Å². The molecule has 3 aromatic rings. The average Bonchev–Trinajstić information content (AvgIpc) is 3.30. The number of carboxylic acid groups (broad SMARTS) is 1. The number of benzene rings is 1. The molecule has 2 N–H and O–H groups in total. The summed E-state index contributed by atoms with van der Waals surface area (Å²) in [6.45, 7) is 5.08. The number of nitrogens with zero attached hydrogens (tertiary/aromatic N) is 3. The number of carbonyl (C=O) groups is 2. The fourth-order valence-corrected chi connectivity index (χ4v) is 3.20. The Morgan fingerprint density at radius 1 is 1.14 bits per heavy atom. The topological polar surface area (TPSA) is 89.2 Å². The van der Waals surface area contributed by atoms with Crippen LogP contribution in [0.2, 0.25) is 0 Å². The van der Waals surface area contributed by atoms with Crippen LogP contribution in [-0.4, -0.2) is 31.1 Å². The fourth-order valence-electron chi connectivity index (χ4n) is 3.20. The number of amides is 1. The van der Waals surface area contributed by atoms with Crippen LogP contribution in [0.15, 0.2) is 49.1 Å². The summed E-state index contributed by atoms with van der Waals surface area (Å²) in [5.41, 5.74) is 3.47. The Balaban J connectivity index is 1.70. The van der Waals surface area contributed by atoms with E-state index in [9.17, 15) is 14.7 Å². The molecular formula is C21H24N4O3. The van der Waals surface area contributed by atoms with Gasteiger partial charge in [0.15, 0.2) is 0 Å². The van der Waals surface area contributed by atoms with Crippen molar-refractivity contribution in [1.82, 2.24) is 14.1 Å². The lowest BCUT2D eigenvalue weighted by Gasteiger charge is -2.09. The highest BCUT2D eigenvalue weighted by Gasteiger charge is 2.16. The molecular weight excluding hydrogens is 356 g/mol. The van der Waals surface area contributed by atoms with E-state index < -0.39 is 5.97 Å². The second-order valence-corrected chi connectivity index (χ2v) is 6.47. The van der Waals surface area contributed by atoms with Crippen LogP contribution in [-0.2, 0) is 24.3 Å². The van der Waals surface area contributed by atoms with Gasteiger partial charge in [0.25, 0.3) is 0 Å². The first kappa shape index (κ1) is 19.4. The predicted molar refractivity (Wildman–Crippen MR) is 107 cm³/mol. The fraction of sp³-hybridized carbons (Fsp3) is 0.286. The molecule has 1 aromatic carbocycles. The Hall–Kier alpha value is -3.35. The summed E-state index contributed by atoms with van der Waals surface area (Å²) < 4.78 is 3.72. The number of imidazole rings is 1. The van der Waals surface area contributed by atoms with E-state index in [1.807, 2.05) is 41.8 Å². The van der Waals surface area contributed by atoms with Crippen LogP contribution in [0.1, 0.15) is 36.3 Å². The van der Waals surface area contributed by atoms with Gasteiger partial charge in [-0.15, -0.1) is 0 Å². The van der Waals surface area contributed by atoms with Crippen molar-refractivity contribution in [3.05, 3.63) is 60.3 Å². The number of aryl methyl sites for hydroxylation is 2. The molecule has 3 rings (SSSR count). The monoisotopic (exact) mass is 380 g/mol. The highest BCUT2D eigenvalue weighted by molar-refractivity contribution is 6.00. The molecule has 0 saturated heterocycles. The van der Waals surface area contributed by atoms with E-state index in [0.29, 0.717) is 18.8 Å². The molecule has 0 bridgehead atoms. The zero-order valence-electron chi connectivity index (χ0n) is 16.1. The third-order valence-corrected chi connectivity index (χ3v) is 4.66. The molecule has 1 amide bonds. The lowest BCUT2D eigenvalue weighted by atomic mass is 10.1. The van der Waals surface area contributed by atoms with Crippen LogP contribution in [0.3, 0.4) is 0 Å². The van der Waals surface area contributed by atoms with Crippen LogP contribution in [0.5, 0.6) is 0 Å². The van der Waals surface area contributed by atoms with Crippen LogP contribution in [0, 0.1) is 0 Å². The van der Waals surface area contributed by atoms with E-state index in [0.717, 1.165) is 23.4 Å². The van der Waals surface area contributed by atoms with Gasteiger partial charge >= 0.3 is 5.97 Å². The lowest BCUT2D eigenvalue weighted by molar-refractivity contribution is -0.116. The average molecular weight is 380 g/mol. The third kappa shape index (κ3) is 4.14. The Morgan fingerprint density at radius 2 is 1.89 bits per heavy atom. The summed E-state index contributed by atoms with van der Waals surface area (Å²) in [5.74, 6) is -1.29. The van der Waals surface area contributed by atoms with E-state index >= 15 is 0 Å². The third-order valence-electron chi connectivity index (χ3n) is 4.66. The van der Waals surface area contributed by atoms with Crippen molar-refractivity contribution >= 4 is 17.6 Å². The molecule has 0 aliphatic heterocycles. The number of aromatic carboxylic acids is 1. The molecule has 28 heavy (non-hydrogen) atoms. The summed E-state index contributed by atoms with van der Waals surface area (Å²) in [4.78, 5) is 28.3. The van der Waals surface area contributed by atoms with Crippen molar-refractivity contribution in [1.29, 1.82) is 0 Å². The molecule has 2 aromatic heterocycles. The minimum atomic E-state index is -1.06. The maximum atomic E-state index is 12.4. The Morgan fingerprint density at radius 3 is 2.54 bits per heavy atom. The summed E-state index contributed by atoms with van der Waals surface area (Å²) in [6.07, 6.45) is 5.95. The molecule has 0 aliphatic carbocycles. The summed E-state index contributed by atoms with van der Waals surface area (Å²) in [7, 11) is 0. The molecule has 0 spiro atoms. The van der Waals surface area contributed by atoms with Crippen molar-refractivity contribution in [2.45, 2.75) is 39.8 Å². The SMILES string of the molecule is CCc1c(-c2ccccc2)ncn1CCC(=O)Nc1cn(CC)cc1C(=O)O. The van der Waals surface area contributed by atoms with Crippen molar-refractivity contribution in [2.24, 2.45) is 0 Å². The highest BCUT2D eigenvalue weighted by Crippen LogP contribution is 2.23. The van der Waals surface area contributed by atoms with E-state index in [-0.39, 0.29) is 17.9 Å². The molecule has 0 atom stereocenters. The van der Waals surface area contributed by atoms with Crippen LogP contribution < -0.4 is 5.32 Å². The molecule has 2 heterocycles. The van der Waals surface area contributed by atoms with Crippen molar-refractivity contribution in [3.63, 3.8) is 0 Å². The summed E-state index contributed by atoms with van der Waals surface area (Å²) >= 11 is 0. The largest absolute Gasteiger partial charge is 0.478 e. The quantitative estimate of drug-likeness (QED) is 0.624. The first-order valence-corrected chi connectivity index (χ1v) is 9.35. The van der Waals surface area contributed by atoms with Gasteiger partial charge in [-0.1, -0.05) is 37.3 Å². The van der Waals surface area contributed by atoms with Gasteiger partial charge < -0.3 is 19.6 Å². The Bertz CT molecular complexity index is 973. The molecule has 7 nitrogen and oxygen atoms in total. The molecule has 0 fully saturated rings. The molecule has 0 radical (unpaired) electrons. The van der Waals surface area contributed by atoms with Gasteiger partial charge in [-0.25, -0.2) is 9.78 Å². The number of rotatable bonds is 8. The highest BCUT2D eigenvalue weighted by atomic mass is 16.4. The molecule has 0 unspecified atom stereocenters. The normalized spacial score (nSPS) is 10.8. The Kier molecular flexibility index (Phi) is 5.93. The second kappa shape index (κ2) is 8.56. The van der Waals surface area contributed by atoms with Gasteiger partial charge in [0.05, 0.1) is 17.7 Å². The first-order valence-electron chi connectivity index (χ1n) is 9.35. The predicted octanol–water partition coefficient (Wildman–Crippen LogP) is 3.66. The van der Waals surface area contributed by atoms with Gasteiger partial charge in [0.1, 0.15) is 5.56 Å². The number of carbonyl (C=O) groups excluding carboxylic acids is 1. The van der Waals surface area contributed by atoms with Crippen LogP contribution >= 0.6 is 0 Å². The van der Waals surface area contributed by atoms with E-state index in [2.05, 4.69) is 17.2 Å². The minimum absolute atomic E-state index is 0.0958. The van der Waals surface area contributed by atoms with E-state index in [1.54, 1.807) is 17.1 Å². The molecule has 146 valence electrons. The standard InChI is InChI=1S/C21H24N4O3/c1-3-18-20(15-8-6-5-7-9-15)22-14-25(18)11-10-19(26)23-17-13-24(4-2)12-16(17)21(27)28/h5-9,12-14H,3-4,10-11H2,1-2H3,(H,23,26)(H,27,28). The number of hydrogen-bond donors (Lipinski definition) is 2. The lowest BCUT2D eigenvalue weighted by Crippen LogP contribution is -2.16. The summed E-state index contributed by atoms with van der Waals surface area (Å²) in [6, 6.07) is 9.95. The van der Waals surface area contributed by atoms with Crippen LogP contribution in [0.25, 0.3) is 11.3 Å². The molecule has 0 saturated carbocycles. The number of anilines is 1. The smallest absolute Gasteiger partial charge is 0.339 e. The number of carboxylic acids is 1. The Labute approximate surface area is 163 Å². The minimum Gasteiger partial charge on any atom is -0.478 e. The zero-order chi connectivity index (χ0) is 20.1. The summed E-state index contributed by atoms with van der Waals surface area (Å²) in [5, 5.41) is 12.0.